The van der Waals surface area contributed by atoms with E-state index in [4.69, 9.17) is 4.74 Å². The number of hydrogen-bond donors (Lipinski definition) is 0. The molecule has 1 atom stereocenters. The number of benzene rings is 2. The third-order valence-corrected chi connectivity index (χ3v) is 3.07. The molecule has 0 bridgehead atoms. The molecule has 1 heteroatoms. The van der Waals surface area contributed by atoms with Crippen LogP contribution < -0.4 is 4.74 Å². The van der Waals surface area contributed by atoms with Crippen molar-refractivity contribution in [3.05, 3.63) is 65.7 Å². The first-order chi connectivity index (χ1) is 8.29. The summed E-state index contributed by atoms with van der Waals surface area (Å²) in [4.78, 5) is 0. The van der Waals surface area contributed by atoms with Crippen LogP contribution in [-0.4, -0.2) is 7.11 Å². The highest BCUT2D eigenvalue weighted by Gasteiger charge is 2.06. The highest BCUT2D eigenvalue weighted by atomic mass is 16.5. The molecular weight excluding hydrogens is 208 g/mol. The minimum Gasteiger partial charge on any atom is -0.497 e. The number of methoxy groups -OCH3 is 1. The van der Waals surface area contributed by atoms with Crippen LogP contribution in [0.4, 0.5) is 0 Å². The lowest BCUT2D eigenvalue weighted by Gasteiger charge is -2.12. The zero-order valence-electron chi connectivity index (χ0n) is 10.4. The van der Waals surface area contributed by atoms with Gasteiger partial charge in [0.25, 0.3) is 0 Å². The second-order valence-corrected chi connectivity index (χ2v) is 4.36. The predicted molar refractivity (Wildman–Crippen MR) is 71.6 cm³/mol. The standard InChI is InChI=1S/C16H18O/c1-13(12-14-6-4-3-5-7-14)15-8-10-16(17-2)11-9-15/h3-11,13H,12H2,1-2H3/t13-/m0/s1. The van der Waals surface area contributed by atoms with E-state index in [1.165, 1.54) is 11.1 Å². The maximum Gasteiger partial charge on any atom is 0.118 e. The van der Waals surface area contributed by atoms with Gasteiger partial charge in [-0.25, -0.2) is 0 Å². The van der Waals surface area contributed by atoms with Crippen LogP contribution in [0.3, 0.4) is 0 Å². The number of rotatable bonds is 4. The van der Waals surface area contributed by atoms with Crippen molar-refractivity contribution in [3.8, 4) is 5.75 Å². The second kappa shape index (κ2) is 5.53. The monoisotopic (exact) mass is 226 g/mol. The Hall–Kier alpha value is -1.76. The normalized spacial score (nSPS) is 12.1. The minimum absolute atomic E-state index is 0.531. The van der Waals surface area contributed by atoms with Crippen molar-refractivity contribution in [1.82, 2.24) is 0 Å². The van der Waals surface area contributed by atoms with Crippen molar-refractivity contribution in [2.45, 2.75) is 19.3 Å². The first-order valence-corrected chi connectivity index (χ1v) is 5.97. The Bertz CT molecular complexity index is 445. The van der Waals surface area contributed by atoms with E-state index < -0.39 is 0 Å². The Balaban J connectivity index is 2.06. The SMILES string of the molecule is COc1ccc([C@@H](C)Cc2ccccc2)cc1. The van der Waals surface area contributed by atoms with Gasteiger partial charge in [-0.05, 0) is 35.6 Å². The molecule has 0 radical (unpaired) electrons. The third kappa shape index (κ3) is 3.10. The van der Waals surface area contributed by atoms with Crippen molar-refractivity contribution in [3.63, 3.8) is 0 Å². The molecule has 0 heterocycles. The van der Waals surface area contributed by atoms with Crippen LogP contribution in [0.2, 0.25) is 0 Å². The van der Waals surface area contributed by atoms with Gasteiger partial charge in [-0.15, -0.1) is 0 Å². The predicted octanol–water partition coefficient (Wildman–Crippen LogP) is 4.04. The van der Waals surface area contributed by atoms with Gasteiger partial charge in [0.2, 0.25) is 0 Å². The minimum atomic E-state index is 0.531. The summed E-state index contributed by atoms with van der Waals surface area (Å²) in [5.74, 6) is 1.45. The highest BCUT2D eigenvalue weighted by molar-refractivity contribution is 5.30. The lowest BCUT2D eigenvalue weighted by molar-refractivity contribution is 0.414. The van der Waals surface area contributed by atoms with E-state index in [1.807, 2.05) is 12.1 Å². The Labute approximate surface area is 103 Å². The van der Waals surface area contributed by atoms with E-state index in [0.717, 1.165) is 12.2 Å². The van der Waals surface area contributed by atoms with E-state index in [-0.39, 0.29) is 0 Å². The lowest BCUT2D eigenvalue weighted by Crippen LogP contribution is -1.98. The van der Waals surface area contributed by atoms with Gasteiger partial charge in [0.15, 0.2) is 0 Å². The van der Waals surface area contributed by atoms with E-state index in [1.54, 1.807) is 7.11 Å². The van der Waals surface area contributed by atoms with Crippen molar-refractivity contribution in [2.75, 3.05) is 7.11 Å². The fourth-order valence-electron chi connectivity index (χ4n) is 2.02. The molecule has 0 spiro atoms. The molecule has 0 aliphatic heterocycles. The molecule has 2 aromatic carbocycles. The van der Waals surface area contributed by atoms with Gasteiger partial charge in [0.1, 0.15) is 5.75 Å². The Morgan fingerprint density at radius 2 is 1.59 bits per heavy atom. The van der Waals surface area contributed by atoms with Gasteiger partial charge in [-0.3, -0.25) is 0 Å². The molecular formula is C16H18O. The van der Waals surface area contributed by atoms with Crippen LogP contribution in [0.25, 0.3) is 0 Å². The van der Waals surface area contributed by atoms with Gasteiger partial charge < -0.3 is 4.74 Å². The van der Waals surface area contributed by atoms with E-state index in [0.29, 0.717) is 5.92 Å². The lowest BCUT2D eigenvalue weighted by atomic mass is 9.94. The molecule has 2 aromatic rings. The van der Waals surface area contributed by atoms with Crippen LogP contribution in [0.15, 0.2) is 54.6 Å². The summed E-state index contributed by atoms with van der Waals surface area (Å²) in [6.45, 7) is 2.26. The van der Waals surface area contributed by atoms with E-state index >= 15 is 0 Å². The molecule has 0 aliphatic carbocycles. The van der Waals surface area contributed by atoms with Crippen molar-refractivity contribution in [1.29, 1.82) is 0 Å². The summed E-state index contributed by atoms with van der Waals surface area (Å²) in [5, 5.41) is 0. The molecule has 0 saturated heterocycles. The molecule has 0 unspecified atom stereocenters. The second-order valence-electron chi connectivity index (χ2n) is 4.36. The third-order valence-electron chi connectivity index (χ3n) is 3.07. The zero-order valence-corrected chi connectivity index (χ0v) is 10.4. The fraction of sp³-hybridized carbons (Fsp3) is 0.250. The van der Waals surface area contributed by atoms with Crippen molar-refractivity contribution < 1.29 is 4.74 Å². The Morgan fingerprint density at radius 3 is 2.18 bits per heavy atom. The molecule has 0 aliphatic rings. The quantitative estimate of drug-likeness (QED) is 0.764. The van der Waals surface area contributed by atoms with Crippen LogP contribution >= 0.6 is 0 Å². The topological polar surface area (TPSA) is 9.23 Å². The number of hydrogen-bond acceptors (Lipinski definition) is 1. The average molecular weight is 226 g/mol. The molecule has 17 heavy (non-hydrogen) atoms. The van der Waals surface area contributed by atoms with E-state index in [9.17, 15) is 0 Å². The molecule has 1 nitrogen and oxygen atoms in total. The molecule has 0 N–H and O–H groups in total. The van der Waals surface area contributed by atoms with Crippen LogP contribution in [-0.2, 0) is 6.42 Å². The molecule has 0 amide bonds. The molecule has 88 valence electrons. The summed E-state index contributed by atoms with van der Waals surface area (Å²) in [6.07, 6.45) is 1.08. The fourth-order valence-corrected chi connectivity index (χ4v) is 2.02. The summed E-state index contributed by atoms with van der Waals surface area (Å²) >= 11 is 0. The Morgan fingerprint density at radius 1 is 0.941 bits per heavy atom. The molecule has 2 rings (SSSR count). The maximum atomic E-state index is 5.17. The van der Waals surface area contributed by atoms with Gasteiger partial charge in [0.05, 0.1) is 7.11 Å². The zero-order chi connectivity index (χ0) is 12.1. The van der Waals surface area contributed by atoms with Gasteiger partial charge in [-0.1, -0.05) is 49.4 Å². The maximum absolute atomic E-state index is 5.17. The smallest absolute Gasteiger partial charge is 0.118 e. The summed E-state index contributed by atoms with van der Waals surface area (Å²) in [6, 6.07) is 18.9. The van der Waals surface area contributed by atoms with E-state index in [2.05, 4.69) is 49.4 Å². The molecule has 0 saturated carbocycles. The molecule has 0 aromatic heterocycles. The summed E-state index contributed by atoms with van der Waals surface area (Å²) in [7, 11) is 1.70. The first kappa shape index (κ1) is 11.7. The number of ether oxygens (including phenoxy) is 1. The highest BCUT2D eigenvalue weighted by Crippen LogP contribution is 2.22. The van der Waals surface area contributed by atoms with Crippen LogP contribution in [0, 0.1) is 0 Å². The van der Waals surface area contributed by atoms with Crippen molar-refractivity contribution >= 4 is 0 Å². The largest absolute Gasteiger partial charge is 0.497 e. The molecule has 0 fully saturated rings. The average Bonchev–Trinajstić information content (AvgIpc) is 2.40. The Kier molecular flexibility index (Phi) is 3.81. The van der Waals surface area contributed by atoms with Gasteiger partial charge in [-0.2, -0.15) is 0 Å². The van der Waals surface area contributed by atoms with Crippen LogP contribution in [0.5, 0.6) is 5.75 Å². The van der Waals surface area contributed by atoms with Gasteiger partial charge in [0, 0.05) is 0 Å². The van der Waals surface area contributed by atoms with Crippen molar-refractivity contribution in [2.24, 2.45) is 0 Å². The first-order valence-electron chi connectivity index (χ1n) is 5.97. The van der Waals surface area contributed by atoms with Gasteiger partial charge >= 0.3 is 0 Å². The summed E-state index contributed by atoms with van der Waals surface area (Å²) < 4.78 is 5.17. The van der Waals surface area contributed by atoms with Crippen LogP contribution in [0.1, 0.15) is 24.0 Å². The summed E-state index contributed by atoms with van der Waals surface area (Å²) in [5.41, 5.74) is 2.74.